The number of halogens is 1. The van der Waals surface area contributed by atoms with Crippen LogP contribution in [0.5, 0.6) is 0 Å². The van der Waals surface area contributed by atoms with Crippen molar-refractivity contribution in [2.45, 2.75) is 76.9 Å². The fourth-order valence-electron chi connectivity index (χ4n) is 3.87. The molecule has 0 aromatic heterocycles. The van der Waals surface area contributed by atoms with Crippen molar-refractivity contribution in [3.8, 4) is 11.1 Å². The molecule has 1 aliphatic carbocycles. The minimum atomic E-state index is -0.345. The van der Waals surface area contributed by atoms with Crippen LogP contribution < -0.4 is 0 Å². The number of hydrogen-bond acceptors (Lipinski definition) is 4. The van der Waals surface area contributed by atoms with Crippen LogP contribution in [0.15, 0.2) is 48.5 Å². The van der Waals surface area contributed by atoms with Gasteiger partial charge in [0.2, 0.25) is 0 Å². The van der Waals surface area contributed by atoms with Crippen molar-refractivity contribution in [3.63, 3.8) is 0 Å². The standard InChI is InChI=1S/C26H31FO4/c1-2-3-4-5-6-25(28)30-23-15-17-24(18-16-23)31-26(29)21-9-7-19(8-10-21)20-11-13-22(27)14-12-20/h7-14,23-24H,2-6,15-18H2,1H3/t23-,24-. The van der Waals surface area contributed by atoms with E-state index in [1.54, 1.807) is 24.3 Å². The molecule has 0 radical (unpaired) electrons. The third kappa shape index (κ3) is 7.20. The zero-order chi connectivity index (χ0) is 22.1. The van der Waals surface area contributed by atoms with E-state index >= 15 is 0 Å². The largest absolute Gasteiger partial charge is 0.462 e. The molecule has 5 heteroatoms. The molecule has 0 aliphatic heterocycles. The number of esters is 2. The Balaban J connectivity index is 1.41. The highest BCUT2D eigenvalue weighted by molar-refractivity contribution is 5.90. The van der Waals surface area contributed by atoms with E-state index in [0.717, 1.165) is 49.7 Å². The summed E-state index contributed by atoms with van der Waals surface area (Å²) in [6.07, 6.45) is 7.38. The van der Waals surface area contributed by atoms with Gasteiger partial charge in [-0.15, -0.1) is 0 Å². The van der Waals surface area contributed by atoms with Gasteiger partial charge >= 0.3 is 11.9 Å². The lowest BCUT2D eigenvalue weighted by Gasteiger charge is -2.28. The van der Waals surface area contributed by atoms with Crippen LogP contribution >= 0.6 is 0 Å². The van der Waals surface area contributed by atoms with E-state index in [9.17, 15) is 14.0 Å². The molecule has 166 valence electrons. The van der Waals surface area contributed by atoms with Crippen LogP contribution in [-0.2, 0) is 14.3 Å². The summed E-state index contributed by atoms with van der Waals surface area (Å²) in [7, 11) is 0. The van der Waals surface area contributed by atoms with Crippen LogP contribution in [0.25, 0.3) is 11.1 Å². The van der Waals surface area contributed by atoms with Gasteiger partial charge in [0, 0.05) is 6.42 Å². The molecule has 0 heterocycles. The summed E-state index contributed by atoms with van der Waals surface area (Å²) in [6, 6.07) is 13.4. The van der Waals surface area contributed by atoms with Gasteiger partial charge in [-0.05, 0) is 67.5 Å². The van der Waals surface area contributed by atoms with Crippen molar-refractivity contribution < 1.29 is 23.5 Å². The molecule has 4 nitrogen and oxygen atoms in total. The van der Waals surface area contributed by atoms with Gasteiger partial charge in [-0.1, -0.05) is 50.5 Å². The lowest BCUT2D eigenvalue weighted by molar-refractivity contribution is -0.151. The van der Waals surface area contributed by atoms with E-state index in [4.69, 9.17) is 9.47 Å². The van der Waals surface area contributed by atoms with Crippen molar-refractivity contribution in [3.05, 3.63) is 59.9 Å². The highest BCUT2D eigenvalue weighted by Crippen LogP contribution is 2.26. The zero-order valence-electron chi connectivity index (χ0n) is 18.1. The maximum Gasteiger partial charge on any atom is 0.338 e. The van der Waals surface area contributed by atoms with Crippen LogP contribution in [-0.4, -0.2) is 24.1 Å². The molecule has 0 saturated heterocycles. The second-order valence-electron chi connectivity index (χ2n) is 8.19. The maximum absolute atomic E-state index is 13.1. The van der Waals surface area contributed by atoms with Gasteiger partial charge in [0.05, 0.1) is 5.56 Å². The Labute approximate surface area is 183 Å². The molecule has 0 unspecified atom stereocenters. The Bertz CT molecular complexity index is 837. The molecule has 1 saturated carbocycles. The average Bonchev–Trinajstić information content (AvgIpc) is 2.79. The van der Waals surface area contributed by atoms with E-state index in [2.05, 4.69) is 6.92 Å². The number of carbonyl (C=O) groups is 2. The summed E-state index contributed by atoms with van der Waals surface area (Å²) in [6.45, 7) is 2.15. The lowest BCUT2D eigenvalue weighted by Crippen LogP contribution is -2.29. The molecule has 1 aliphatic rings. The monoisotopic (exact) mass is 426 g/mol. The highest BCUT2D eigenvalue weighted by Gasteiger charge is 2.26. The summed E-state index contributed by atoms with van der Waals surface area (Å²) < 4.78 is 24.3. The van der Waals surface area contributed by atoms with Crippen LogP contribution in [0.1, 0.15) is 75.1 Å². The normalized spacial score (nSPS) is 18.4. The van der Waals surface area contributed by atoms with E-state index in [1.165, 1.54) is 12.1 Å². The number of rotatable bonds is 9. The molecule has 0 N–H and O–H groups in total. The van der Waals surface area contributed by atoms with Gasteiger partial charge in [-0.2, -0.15) is 0 Å². The minimum absolute atomic E-state index is 0.0661. The van der Waals surface area contributed by atoms with Gasteiger partial charge in [0.1, 0.15) is 18.0 Å². The van der Waals surface area contributed by atoms with Gasteiger partial charge in [-0.25, -0.2) is 9.18 Å². The fourth-order valence-corrected chi connectivity index (χ4v) is 3.87. The maximum atomic E-state index is 13.1. The van der Waals surface area contributed by atoms with Crippen molar-refractivity contribution in [2.24, 2.45) is 0 Å². The quantitative estimate of drug-likeness (QED) is 0.340. The highest BCUT2D eigenvalue weighted by atomic mass is 19.1. The average molecular weight is 427 g/mol. The van der Waals surface area contributed by atoms with Crippen LogP contribution in [0.4, 0.5) is 4.39 Å². The lowest BCUT2D eigenvalue weighted by atomic mass is 9.95. The molecule has 0 spiro atoms. The Morgan fingerprint density at radius 3 is 1.94 bits per heavy atom. The van der Waals surface area contributed by atoms with Crippen LogP contribution in [0.2, 0.25) is 0 Å². The summed E-state index contributed by atoms with van der Waals surface area (Å²) in [4.78, 5) is 24.4. The van der Waals surface area contributed by atoms with E-state index < -0.39 is 0 Å². The van der Waals surface area contributed by atoms with Gasteiger partial charge in [0.15, 0.2) is 0 Å². The number of hydrogen-bond donors (Lipinski definition) is 0. The third-order valence-corrected chi connectivity index (χ3v) is 5.73. The molecule has 0 amide bonds. The predicted molar refractivity (Wildman–Crippen MR) is 118 cm³/mol. The number of ether oxygens (including phenoxy) is 2. The topological polar surface area (TPSA) is 52.6 Å². The first-order chi connectivity index (χ1) is 15.0. The van der Waals surface area contributed by atoms with Gasteiger partial charge < -0.3 is 9.47 Å². The second-order valence-corrected chi connectivity index (χ2v) is 8.19. The Kier molecular flexibility index (Phi) is 8.63. The van der Waals surface area contributed by atoms with E-state index in [1.807, 2.05) is 12.1 Å². The molecular weight excluding hydrogens is 395 g/mol. The number of unbranched alkanes of at least 4 members (excludes halogenated alkanes) is 3. The Morgan fingerprint density at radius 2 is 1.35 bits per heavy atom. The van der Waals surface area contributed by atoms with E-state index in [-0.39, 0.29) is 30.0 Å². The van der Waals surface area contributed by atoms with Crippen molar-refractivity contribution >= 4 is 11.9 Å². The first-order valence-corrected chi connectivity index (χ1v) is 11.3. The van der Waals surface area contributed by atoms with Gasteiger partial charge in [0.25, 0.3) is 0 Å². The zero-order valence-corrected chi connectivity index (χ0v) is 18.1. The molecule has 3 rings (SSSR count). The fraction of sp³-hybridized carbons (Fsp3) is 0.462. The number of carbonyl (C=O) groups excluding carboxylic acids is 2. The third-order valence-electron chi connectivity index (χ3n) is 5.73. The molecule has 1 fully saturated rings. The molecular formula is C26H31FO4. The minimum Gasteiger partial charge on any atom is -0.462 e. The second kappa shape index (κ2) is 11.6. The summed E-state index contributed by atoms with van der Waals surface area (Å²) in [5.74, 6) is -0.736. The van der Waals surface area contributed by atoms with Crippen molar-refractivity contribution in [1.29, 1.82) is 0 Å². The smallest absolute Gasteiger partial charge is 0.338 e. The molecule has 31 heavy (non-hydrogen) atoms. The Morgan fingerprint density at radius 1 is 0.806 bits per heavy atom. The Hall–Kier alpha value is -2.69. The SMILES string of the molecule is CCCCCCC(=O)O[C@H]1CC[C@H](OC(=O)c2ccc(-c3ccc(F)cc3)cc2)CC1. The summed E-state index contributed by atoms with van der Waals surface area (Å²) >= 11 is 0. The molecule has 0 bridgehead atoms. The first kappa shape index (κ1) is 23.0. The molecule has 0 atom stereocenters. The van der Waals surface area contributed by atoms with Crippen LogP contribution in [0.3, 0.4) is 0 Å². The molecule has 2 aromatic carbocycles. The van der Waals surface area contributed by atoms with Crippen LogP contribution in [0, 0.1) is 5.82 Å². The van der Waals surface area contributed by atoms with E-state index in [0.29, 0.717) is 24.8 Å². The van der Waals surface area contributed by atoms with Crippen molar-refractivity contribution in [2.75, 3.05) is 0 Å². The van der Waals surface area contributed by atoms with Gasteiger partial charge in [-0.3, -0.25) is 4.79 Å². The summed E-state index contributed by atoms with van der Waals surface area (Å²) in [5.41, 5.74) is 2.29. The van der Waals surface area contributed by atoms with Crippen molar-refractivity contribution in [1.82, 2.24) is 0 Å². The first-order valence-electron chi connectivity index (χ1n) is 11.3. The summed E-state index contributed by atoms with van der Waals surface area (Å²) in [5, 5.41) is 0. The predicted octanol–water partition coefficient (Wildman–Crippen LogP) is 6.47. The molecule has 2 aromatic rings. The number of benzene rings is 2.